The van der Waals surface area contributed by atoms with Crippen molar-refractivity contribution in [2.75, 3.05) is 18.0 Å². The molecule has 0 spiro atoms. The first-order valence-corrected chi connectivity index (χ1v) is 5.30. The van der Waals surface area contributed by atoms with Gasteiger partial charge in [0.1, 0.15) is 5.58 Å². The van der Waals surface area contributed by atoms with Crippen molar-refractivity contribution >= 4 is 16.9 Å². The number of para-hydroxylation sites is 1. The molecule has 0 aliphatic heterocycles. The van der Waals surface area contributed by atoms with Crippen molar-refractivity contribution in [3.63, 3.8) is 0 Å². The predicted octanol–water partition coefficient (Wildman–Crippen LogP) is 3.61. The zero-order valence-corrected chi connectivity index (χ0v) is 9.23. The molecule has 0 N–H and O–H groups in total. The Balaban J connectivity index is 2.36. The van der Waals surface area contributed by atoms with Gasteiger partial charge < -0.3 is 9.32 Å². The van der Waals surface area contributed by atoms with Gasteiger partial charge in [0.15, 0.2) is 5.88 Å². The van der Waals surface area contributed by atoms with Crippen LogP contribution in [-0.2, 0) is 0 Å². The van der Waals surface area contributed by atoms with E-state index in [1.54, 1.807) is 0 Å². The van der Waals surface area contributed by atoms with Gasteiger partial charge in [-0.1, -0.05) is 30.4 Å². The molecule has 0 amide bonds. The van der Waals surface area contributed by atoms with Crippen molar-refractivity contribution in [3.05, 3.63) is 55.6 Å². The Morgan fingerprint density at radius 3 is 2.44 bits per heavy atom. The summed E-state index contributed by atoms with van der Waals surface area (Å²) < 4.78 is 5.77. The van der Waals surface area contributed by atoms with Crippen LogP contribution >= 0.6 is 0 Å². The molecule has 2 aromatic rings. The minimum absolute atomic E-state index is 0.756. The second kappa shape index (κ2) is 4.71. The van der Waals surface area contributed by atoms with Crippen molar-refractivity contribution in [1.29, 1.82) is 0 Å². The van der Waals surface area contributed by atoms with Crippen LogP contribution in [-0.4, -0.2) is 13.1 Å². The number of fused-ring (bicyclic) bond motifs is 1. The zero-order valence-electron chi connectivity index (χ0n) is 9.23. The summed E-state index contributed by atoms with van der Waals surface area (Å²) in [5.74, 6) is 0.862. The van der Waals surface area contributed by atoms with E-state index < -0.39 is 0 Å². The molecule has 2 rings (SSSR count). The summed E-state index contributed by atoms with van der Waals surface area (Å²) in [6, 6.07) is 10.0. The van der Waals surface area contributed by atoms with E-state index in [-0.39, 0.29) is 0 Å². The molecular weight excluding hydrogens is 198 g/mol. The number of hydrogen-bond donors (Lipinski definition) is 0. The van der Waals surface area contributed by atoms with Crippen molar-refractivity contribution in [2.24, 2.45) is 0 Å². The number of furan rings is 1. The van der Waals surface area contributed by atoms with Crippen LogP contribution in [0.15, 0.2) is 60.1 Å². The molecule has 82 valence electrons. The fourth-order valence-corrected chi connectivity index (χ4v) is 1.69. The maximum absolute atomic E-state index is 5.77. The van der Waals surface area contributed by atoms with E-state index in [9.17, 15) is 0 Å². The highest BCUT2D eigenvalue weighted by atomic mass is 16.4. The van der Waals surface area contributed by atoms with Crippen LogP contribution in [0.5, 0.6) is 0 Å². The molecular formula is C14H15NO. The first-order chi connectivity index (χ1) is 7.85. The van der Waals surface area contributed by atoms with Crippen LogP contribution in [0.1, 0.15) is 0 Å². The maximum atomic E-state index is 5.77. The molecule has 0 atom stereocenters. The Kier molecular flexibility index (Phi) is 3.10. The van der Waals surface area contributed by atoms with Crippen LogP contribution in [0.4, 0.5) is 5.88 Å². The summed E-state index contributed by atoms with van der Waals surface area (Å²) >= 11 is 0. The Morgan fingerprint density at radius 1 is 1.12 bits per heavy atom. The third kappa shape index (κ3) is 2.01. The Bertz CT molecular complexity index is 455. The molecule has 0 fully saturated rings. The largest absolute Gasteiger partial charge is 0.441 e. The van der Waals surface area contributed by atoms with Crippen LogP contribution in [0, 0.1) is 0 Å². The zero-order chi connectivity index (χ0) is 11.4. The molecule has 2 nitrogen and oxygen atoms in total. The standard InChI is InChI=1S/C14H15NO/c1-3-9-15(10-4-2)14-11-12-7-5-6-8-13(12)16-14/h3-8,11H,1-2,9-10H2. The first-order valence-electron chi connectivity index (χ1n) is 5.30. The van der Waals surface area contributed by atoms with Gasteiger partial charge in [0.25, 0.3) is 0 Å². The average Bonchev–Trinajstić information content (AvgIpc) is 2.72. The summed E-state index contributed by atoms with van der Waals surface area (Å²) in [6.45, 7) is 9.00. The van der Waals surface area contributed by atoms with E-state index >= 15 is 0 Å². The molecule has 0 aliphatic carbocycles. The molecule has 0 radical (unpaired) electrons. The third-order valence-electron chi connectivity index (χ3n) is 2.42. The normalized spacial score (nSPS) is 10.2. The van der Waals surface area contributed by atoms with Crippen LogP contribution in [0.25, 0.3) is 11.0 Å². The van der Waals surface area contributed by atoms with Gasteiger partial charge in [-0.3, -0.25) is 0 Å². The van der Waals surface area contributed by atoms with E-state index in [2.05, 4.69) is 18.1 Å². The number of benzene rings is 1. The van der Waals surface area contributed by atoms with Crippen LogP contribution in [0.2, 0.25) is 0 Å². The monoisotopic (exact) mass is 213 g/mol. The molecule has 1 aromatic heterocycles. The van der Waals surface area contributed by atoms with Gasteiger partial charge in [-0.25, -0.2) is 0 Å². The highest BCUT2D eigenvalue weighted by Gasteiger charge is 2.08. The van der Waals surface area contributed by atoms with E-state index in [4.69, 9.17) is 4.42 Å². The number of nitrogens with zero attached hydrogens (tertiary/aromatic N) is 1. The average molecular weight is 213 g/mol. The molecule has 16 heavy (non-hydrogen) atoms. The quantitative estimate of drug-likeness (QED) is 0.705. The van der Waals surface area contributed by atoms with Crippen molar-refractivity contribution in [3.8, 4) is 0 Å². The van der Waals surface area contributed by atoms with E-state index in [0.717, 1.165) is 29.9 Å². The van der Waals surface area contributed by atoms with Gasteiger partial charge in [-0.2, -0.15) is 0 Å². The summed E-state index contributed by atoms with van der Waals surface area (Å²) in [5, 5.41) is 1.12. The lowest BCUT2D eigenvalue weighted by Crippen LogP contribution is -2.22. The van der Waals surface area contributed by atoms with Gasteiger partial charge in [0.2, 0.25) is 0 Å². The van der Waals surface area contributed by atoms with Gasteiger partial charge in [0.05, 0.1) is 0 Å². The molecule has 0 aliphatic rings. The Morgan fingerprint density at radius 2 is 1.81 bits per heavy atom. The minimum atomic E-state index is 0.756. The van der Waals surface area contributed by atoms with E-state index in [1.807, 2.05) is 42.5 Å². The Hall–Kier alpha value is -1.96. The smallest absolute Gasteiger partial charge is 0.197 e. The van der Waals surface area contributed by atoms with E-state index in [1.165, 1.54) is 0 Å². The minimum Gasteiger partial charge on any atom is -0.441 e. The van der Waals surface area contributed by atoms with Crippen LogP contribution in [0.3, 0.4) is 0 Å². The topological polar surface area (TPSA) is 16.4 Å². The second-order valence-corrected chi connectivity index (χ2v) is 3.60. The van der Waals surface area contributed by atoms with E-state index in [0.29, 0.717) is 0 Å². The fourth-order valence-electron chi connectivity index (χ4n) is 1.69. The third-order valence-corrected chi connectivity index (χ3v) is 2.42. The highest BCUT2D eigenvalue weighted by Crippen LogP contribution is 2.25. The molecule has 0 bridgehead atoms. The van der Waals surface area contributed by atoms with Crippen molar-refractivity contribution in [1.82, 2.24) is 0 Å². The first kappa shape index (κ1) is 10.6. The van der Waals surface area contributed by atoms with Gasteiger partial charge in [-0.05, 0) is 6.07 Å². The summed E-state index contributed by atoms with van der Waals surface area (Å²) in [4.78, 5) is 2.08. The predicted molar refractivity (Wildman–Crippen MR) is 68.8 cm³/mol. The number of anilines is 1. The summed E-state index contributed by atoms with van der Waals surface area (Å²) in [5.41, 5.74) is 0.913. The summed E-state index contributed by atoms with van der Waals surface area (Å²) in [7, 11) is 0. The molecule has 0 unspecified atom stereocenters. The number of hydrogen-bond acceptors (Lipinski definition) is 2. The molecule has 1 aromatic carbocycles. The van der Waals surface area contributed by atoms with Gasteiger partial charge >= 0.3 is 0 Å². The maximum Gasteiger partial charge on any atom is 0.197 e. The van der Waals surface area contributed by atoms with Crippen LogP contribution < -0.4 is 4.90 Å². The summed E-state index contributed by atoms with van der Waals surface area (Å²) in [6.07, 6.45) is 3.72. The number of rotatable bonds is 5. The molecule has 0 saturated carbocycles. The van der Waals surface area contributed by atoms with Crippen molar-refractivity contribution < 1.29 is 4.42 Å². The lowest BCUT2D eigenvalue weighted by molar-refractivity contribution is 0.598. The molecule has 0 saturated heterocycles. The van der Waals surface area contributed by atoms with Gasteiger partial charge in [0, 0.05) is 24.5 Å². The molecule has 1 heterocycles. The fraction of sp³-hybridized carbons (Fsp3) is 0.143. The Labute approximate surface area is 95.5 Å². The highest BCUT2D eigenvalue weighted by molar-refractivity contribution is 5.80. The lowest BCUT2D eigenvalue weighted by Gasteiger charge is -2.17. The van der Waals surface area contributed by atoms with Gasteiger partial charge in [-0.15, -0.1) is 13.2 Å². The lowest BCUT2D eigenvalue weighted by atomic mass is 10.2. The van der Waals surface area contributed by atoms with Crippen molar-refractivity contribution in [2.45, 2.75) is 0 Å². The second-order valence-electron chi connectivity index (χ2n) is 3.60. The SMILES string of the molecule is C=CCN(CC=C)c1cc2ccccc2o1. The molecule has 2 heteroatoms.